The summed E-state index contributed by atoms with van der Waals surface area (Å²) in [5, 5.41) is 0. The average Bonchev–Trinajstić information content (AvgIpc) is 2.00. The van der Waals surface area contributed by atoms with Crippen LogP contribution in [0.15, 0.2) is 0 Å². The summed E-state index contributed by atoms with van der Waals surface area (Å²) in [5.74, 6) is 2.83. The molecule has 2 aliphatic carbocycles. The molecule has 2 unspecified atom stereocenters. The molecule has 1 radical (unpaired) electrons. The summed E-state index contributed by atoms with van der Waals surface area (Å²) in [6.45, 7) is 7.27. The maximum atomic E-state index is 2.63. The fraction of sp³-hybridized carbons (Fsp3) is 0.929. The van der Waals surface area contributed by atoms with Crippen LogP contribution in [0.5, 0.6) is 0 Å². The lowest BCUT2D eigenvalue weighted by atomic mass is 9.58. The van der Waals surface area contributed by atoms with E-state index in [0.29, 0.717) is 5.41 Å². The SMILES string of the molecule is CC(C)C1[CH]CC(C)(C2CCC2)CC1. The summed E-state index contributed by atoms with van der Waals surface area (Å²) < 4.78 is 0. The van der Waals surface area contributed by atoms with Crippen LogP contribution in [0.25, 0.3) is 0 Å². The minimum absolute atomic E-state index is 0.684. The predicted octanol–water partition coefficient (Wildman–Crippen LogP) is 4.45. The second kappa shape index (κ2) is 3.87. The van der Waals surface area contributed by atoms with Crippen LogP contribution >= 0.6 is 0 Å². The molecule has 0 heteroatoms. The Balaban J connectivity index is 1.87. The van der Waals surface area contributed by atoms with Gasteiger partial charge in [-0.25, -0.2) is 0 Å². The highest BCUT2D eigenvalue weighted by Gasteiger charge is 2.40. The first-order valence-electron chi connectivity index (χ1n) is 6.45. The normalized spacial score (nSPS) is 39.9. The molecule has 2 atom stereocenters. The van der Waals surface area contributed by atoms with E-state index in [2.05, 4.69) is 27.2 Å². The highest BCUT2D eigenvalue weighted by Crippen LogP contribution is 2.51. The molecule has 2 saturated carbocycles. The van der Waals surface area contributed by atoms with Crippen molar-refractivity contribution in [2.24, 2.45) is 23.2 Å². The Hall–Kier alpha value is 0. The Kier molecular flexibility index (Phi) is 2.91. The molecule has 0 aromatic carbocycles. The minimum Gasteiger partial charge on any atom is -0.0625 e. The van der Waals surface area contributed by atoms with Gasteiger partial charge in [0.05, 0.1) is 0 Å². The second-order valence-electron chi connectivity index (χ2n) is 6.17. The third-order valence-corrected chi connectivity index (χ3v) is 4.88. The molecular formula is C14H25. The molecule has 14 heavy (non-hydrogen) atoms. The summed E-state index contributed by atoms with van der Waals surface area (Å²) >= 11 is 0. The highest BCUT2D eigenvalue weighted by atomic mass is 14.5. The van der Waals surface area contributed by atoms with Gasteiger partial charge in [-0.3, -0.25) is 0 Å². The van der Waals surface area contributed by atoms with E-state index < -0.39 is 0 Å². The van der Waals surface area contributed by atoms with Crippen molar-refractivity contribution >= 4 is 0 Å². The number of hydrogen-bond acceptors (Lipinski definition) is 0. The van der Waals surface area contributed by atoms with Crippen LogP contribution in [-0.2, 0) is 0 Å². The summed E-state index contributed by atoms with van der Waals surface area (Å²) in [6, 6.07) is 0. The van der Waals surface area contributed by atoms with Crippen molar-refractivity contribution in [1.82, 2.24) is 0 Å². The largest absolute Gasteiger partial charge is 0.0625 e. The summed E-state index contributed by atoms with van der Waals surface area (Å²) in [7, 11) is 0. The van der Waals surface area contributed by atoms with Gasteiger partial charge in [0.25, 0.3) is 0 Å². The summed E-state index contributed by atoms with van der Waals surface area (Å²) in [6.07, 6.45) is 11.5. The molecule has 0 aromatic rings. The molecule has 2 rings (SSSR count). The zero-order chi connectivity index (χ0) is 10.2. The minimum atomic E-state index is 0.684. The van der Waals surface area contributed by atoms with Gasteiger partial charge in [-0.2, -0.15) is 0 Å². The van der Waals surface area contributed by atoms with Gasteiger partial charge in [0.15, 0.2) is 0 Å². The van der Waals surface area contributed by atoms with E-state index in [9.17, 15) is 0 Å². The molecule has 0 saturated heterocycles. The van der Waals surface area contributed by atoms with E-state index in [1.807, 2.05) is 0 Å². The first kappa shape index (κ1) is 10.5. The zero-order valence-electron chi connectivity index (χ0n) is 10.1. The van der Waals surface area contributed by atoms with Crippen LogP contribution in [0.2, 0.25) is 0 Å². The molecule has 81 valence electrons. The zero-order valence-corrected chi connectivity index (χ0v) is 10.1. The van der Waals surface area contributed by atoms with E-state index in [0.717, 1.165) is 17.8 Å². The van der Waals surface area contributed by atoms with E-state index in [4.69, 9.17) is 0 Å². The standard InChI is InChI=1S/C14H25/c1-11(2)12-7-9-14(3,10-8-12)13-5-4-6-13/h7,11-13H,4-6,8-10H2,1-3H3. The van der Waals surface area contributed by atoms with Gasteiger partial charge in [0, 0.05) is 0 Å². The molecule has 0 spiro atoms. The van der Waals surface area contributed by atoms with Gasteiger partial charge in [-0.1, -0.05) is 27.2 Å². The second-order valence-corrected chi connectivity index (χ2v) is 6.17. The van der Waals surface area contributed by atoms with Crippen molar-refractivity contribution in [2.45, 2.75) is 59.3 Å². The molecule has 0 amide bonds. The molecule has 2 fully saturated rings. The van der Waals surface area contributed by atoms with E-state index in [-0.39, 0.29) is 0 Å². The average molecular weight is 193 g/mol. The summed E-state index contributed by atoms with van der Waals surface area (Å²) in [5.41, 5.74) is 0.684. The number of hydrogen-bond donors (Lipinski definition) is 0. The molecular weight excluding hydrogens is 168 g/mol. The topological polar surface area (TPSA) is 0 Å². The first-order chi connectivity index (χ1) is 6.62. The maximum Gasteiger partial charge on any atom is -0.0295 e. The van der Waals surface area contributed by atoms with Crippen LogP contribution in [0, 0.1) is 29.6 Å². The molecule has 2 aliphatic rings. The van der Waals surface area contributed by atoms with Crippen molar-refractivity contribution in [2.75, 3.05) is 0 Å². The number of rotatable bonds is 2. The fourth-order valence-electron chi connectivity index (χ4n) is 3.22. The lowest BCUT2D eigenvalue weighted by molar-refractivity contribution is 0.0582. The van der Waals surface area contributed by atoms with Gasteiger partial charge in [-0.15, -0.1) is 0 Å². The Morgan fingerprint density at radius 1 is 1.21 bits per heavy atom. The highest BCUT2D eigenvalue weighted by molar-refractivity contribution is 4.98. The van der Waals surface area contributed by atoms with Gasteiger partial charge >= 0.3 is 0 Å². The van der Waals surface area contributed by atoms with Crippen molar-refractivity contribution in [3.05, 3.63) is 6.42 Å². The molecule has 0 N–H and O–H groups in total. The van der Waals surface area contributed by atoms with E-state index in [1.54, 1.807) is 0 Å². The van der Waals surface area contributed by atoms with Crippen molar-refractivity contribution in [3.63, 3.8) is 0 Å². The third-order valence-electron chi connectivity index (χ3n) is 4.88. The van der Waals surface area contributed by atoms with Crippen LogP contribution in [0.3, 0.4) is 0 Å². The molecule has 0 bridgehead atoms. The smallest absolute Gasteiger partial charge is 0.0295 e. The van der Waals surface area contributed by atoms with Crippen LogP contribution in [0.4, 0.5) is 0 Å². The fourth-order valence-corrected chi connectivity index (χ4v) is 3.22. The molecule has 0 aromatic heterocycles. The molecule has 0 heterocycles. The lowest BCUT2D eigenvalue weighted by Gasteiger charge is -2.47. The van der Waals surface area contributed by atoms with Crippen LogP contribution in [-0.4, -0.2) is 0 Å². The van der Waals surface area contributed by atoms with E-state index in [1.165, 1.54) is 38.5 Å². The van der Waals surface area contributed by atoms with E-state index >= 15 is 0 Å². The predicted molar refractivity (Wildman–Crippen MR) is 61.9 cm³/mol. The Bertz CT molecular complexity index is 180. The Labute approximate surface area is 89.5 Å². The molecule has 0 nitrogen and oxygen atoms in total. The quantitative estimate of drug-likeness (QED) is 0.607. The van der Waals surface area contributed by atoms with Gasteiger partial charge < -0.3 is 0 Å². The Morgan fingerprint density at radius 2 is 1.93 bits per heavy atom. The van der Waals surface area contributed by atoms with Crippen molar-refractivity contribution in [3.8, 4) is 0 Å². The summed E-state index contributed by atoms with van der Waals surface area (Å²) in [4.78, 5) is 0. The maximum absolute atomic E-state index is 2.63. The van der Waals surface area contributed by atoms with Gasteiger partial charge in [-0.05, 0) is 61.7 Å². The lowest BCUT2D eigenvalue weighted by Crippen LogP contribution is -2.37. The third kappa shape index (κ3) is 1.85. The first-order valence-corrected chi connectivity index (χ1v) is 6.45. The van der Waals surface area contributed by atoms with Gasteiger partial charge in [0.1, 0.15) is 0 Å². The van der Waals surface area contributed by atoms with Crippen LogP contribution in [0.1, 0.15) is 59.3 Å². The van der Waals surface area contributed by atoms with Crippen molar-refractivity contribution in [1.29, 1.82) is 0 Å². The molecule has 0 aliphatic heterocycles. The monoisotopic (exact) mass is 193 g/mol. The van der Waals surface area contributed by atoms with Crippen molar-refractivity contribution < 1.29 is 0 Å². The Morgan fingerprint density at radius 3 is 2.29 bits per heavy atom. The van der Waals surface area contributed by atoms with Crippen LogP contribution < -0.4 is 0 Å². The van der Waals surface area contributed by atoms with Gasteiger partial charge in [0.2, 0.25) is 0 Å².